The van der Waals surface area contributed by atoms with Crippen molar-refractivity contribution < 1.29 is 42.8 Å². The van der Waals surface area contributed by atoms with Gasteiger partial charge in [0.15, 0.2) is 5.78 Å². The molecule has 0 fully saturated rings. The molecule has 0 heterocycles. The van der Waals surface area contributed by atoms with E-state index in [-0.39, 0.29) is 69.4 Å². The Balaban J connectivity index is 0.00000675. The SMILES string of the molecule is CN(C)c1ccc(CC(=O)CCc2cc(N(C)C)c3c(c2O)C(=O)CC(CC(CCO)C(CO)C(=O)CC(N)=O)C3)cc1.O.[HH].[HH]. The van der Waals surface area contributed by atoms with Crippen molar-refractivity contribution in [2.45, 2.75) is 51.4 Å². The van der Waals surface area contributed by atoms with Crippen LogP contribution < -0.4 is 15.5 Å². The number of nitrogens with zero attached hydrogens (tertiary/aromatic N) is 2. The zero-order valence-corrected chi connectivity index (χ0v) is 26.1. The molecule has 2 aromatic rings. The van der Waals surface area contributed by atoms with E-state index in [1.165, 1.54) is 0 Å². The maximum Gasteiger partial charge on any atom is 0.224 e. The number of phenolic OH excluding ortho intramolecular Hbond substituents is 1. The number of aromatic hydroxyl groups is 1. The molecule has 3 unspecified atom stereocenters. The third-order valence-electron chi connectivity index (χ3n) is 8.38. The van der Waals surface area contributed by atoms with Crippen LogP contribution in [0.1, 0.15) is 62.0 Å². The minimum atomic E-state index is -0.872. The van der Waals surface area contributed by atoms with Crippen LogP contribution >= 0.6 is 0 Å². The quantitative estimate of drug-likeness (QED) is 0.204. The number of carbonyl (C=O) groups excluding carboxylic acids is 4. The highest BCUT2D eigenvalue weighted by atomic mass is 16.3. The van der Waals surface area contributed by atoms with E-state index in [9.17, 15) is 34.5 Å². The molecule has 1 amide bonds. The van der Waals surface area contributed by atoms with Crippen LogP contribution in [0.2, 0.25) is 0 Å². The molecule has 0 aliphatic heterocycles. The monoisotopic (exact) mass is 617 g/mol. The second kappa shape index (κ2) is 16.3. The minimum absolute atomic E-state index is 0. The van der Waals surface area contributed by atoms with Gasteiger partial charge < -0.3 is 36.3 Å². The van der Waals surface area contributed by atoms with Crippen LogP contribution in [0.4, 0.5) is 11.4 Å². The normalized spacial score (nSPS) is 15.5. The van der Waals surface area contributed by atoms with Gasteiger partial charge in [-0.25, -0.2) is 0 Å². The predicted octanol–water partition coefficient (Wildman–Crippen LogP) is 2.12. The van der Waals surface area contributed by atoms with E-state index in [4.69, 9.17) is 5.73 Å². The summed E-state index contributed by atoms with van der Waals surface area (Å²) in [5.41, 5.74) is 9.44. The van der Waals surface area contributed by atoms with Crippen molar-refractivity contribution in [2.75, 3.05) is 51.2 Å². The summed E-state index contributed by atoms with van der Waals surface area (Å²) in [5, 5.41) is 30.8. The topological polar surface area (TPSA) is 193 Å². The second-order valence-electron chi connectivity index (χ2n) is 12.0. The number of anilines is 2. The van der Waals surface area contributed by atoms with Crippen LogP contribution in [0.5, 0.6) is 5.75 Å². The first-order chi connectivity index (χ1) is 20.4. The lowest BCUT2D eigenvalue weighted by Gasteiger charge is -2.33. The number of amides is 1. The molecule has 0 spiro atoms. The number of nitrogens with two attached hydrogens (primary N) is 1. The lowest BCUT2D eigenvalue weighted by atomic mass is 9.73. The first-order valence-electron chi connectivity index (χ1n) is 14.7. The van der Waals surface area contributed by atoms with Crippen LogP contribution in [0.25, 0.3) is 0 Å². The third kappa shape index (κ3) is 9.10. The van der Waals surface area contributed by atoms with E-state index in [0.29, 0.717) is 30.4 Å². The number of aliphatic hydroxyl groups excluding tert-OH is 2. The molecular formula is C33H51N3O8. The average molecular weight is 618 g/mol. The van der Waals surface area contributed by atoms with Crippen LogP contribution in [-0.2, 0) is 33.6 Å². The van der Waals surface area contributed by atoms with Gasteiger partial charge in [-0.3, -0.25) is 19.2 Å². The number of aryl methyl sites for hydroxylation is 1. The fourth-order valence-corrected chi connectivity index (χ4v) is 6.14. The molecule has 11 heteroatoms. The Bertz CT molecular complexity index is 1340. The molecule has 0 aromatic heterocycles. The van der Waals surface area contributed by atoms with Crippen molar-refractivity contribution in [1.82, 2.24) is 0 Å². The molecular weight excluding hydrogens is 566 g/mol. The minimum Gasteiger partial charge on any atom is -0.507 e. The summed E-state index contributed by atoms with van der Waals surface area (Å²) in [6.07, 6.45) is 1.49. The number of benzene rings is 2. The molecule has 246 valence electrons. The maximum absolute atomic E-state index is 13.5. The van der Waals surface area contributed by atoms with Gasteiger partial charge in [-0.1, -0.05) is 12.1 Å². The van der Waals surface area contributed by atoms with Crippen molar-refractivity contribution in [2.24, 2.45) is 23.5 Å². The van der Waals surface area contributed by atoms with E-state index in [2.05, 4.69) is 0 Å². The standard InChI is InChI=1S/C33H45N3O7.H2O.2H2/c1-35(2)24-8-5-20(6-9-24)14-25(39)10-7-23-17-28(36(3)4)26-15-21(16-30(41)32(26)33(23)43)13-22(11-12-37)27(19-38)29(40)18-31(34)42;;;/h5-6,8-9,17,21-22,27,37-38,43H,7,10-16,18-19H2,1-4H3,(H2,34,42);1H2;2*1H. The lowest BCUT2D eigenvalue weighted by Crippen LogP contribution is -2.34. The molecule has 2 aromatic carbocycles. The van der Waals surface area contributed by atoms with Gasteiger partial charge in [0, 0.05) is 74.2 Å². The highest BCUT2D eigenvalue weighted by molar-refractivity contribution is 6.03. The summed E-state index contributed by atoms with van der Waals surface area (Å²) in [5.74, 6) is -3.06. The lowest BCUT2D eigenvalue weighted by molar-refractivity contribution is -0.131. The van der Waals surface area contributed by atoms with Crippen molar-refractivity contribution in [1.29, 1.82) is 0 Å². The number of fused-ring (bicyclic) bond motifs is 1. The summed E-state index contributed by atoms with van der Waals surface area (Å²) in [7, 11) is 7.61. The van der Waals surface area contributed by atoms with Crippen LogP contribution in [-0.4, -0.2) is 85.5 Å². The Hall–Kier alpha value is -3.80. The largest absolute Gasteiger partial charge is 0.507 e. The summed E-state index contributed by atoms with van der Waals surface area (Å²) in [6.45, 7) is -0.698. The first kappa shape index (κ1) is 36.4. The maximum atomic E-state index is 13.5. The molecule has 0 saturated carbocycles. The van der Waals surface area contributed by atoms with Gasteiger partial charge in [-0.2, -0.15) is 0 Å². The van der Waals surface area contributed by atoms with Crippen LogP contribution in [0.15, 0.2) is 30.3 Å². The zero-order chi connectivity index (χ0) is 31.8. The van der Waals surface area contributed by atoms with E-state index >= 15 is 0 Å². The molecule has 0 saturated heterocycles. The Morgan fingerprint density at radius 3 is 2.25 bits per heavy atom. The van der Waals surface area contributed by atoms with Gasteiger partial charge in [0.2, 0.25) is 5.91 Å². The van der Waals surface area contributed by atoms with Crippen molar-refractivity contribution in [3.05, 3.63) is 52.6 Å². The van der Waals surface area contributed by atoms with Gasteiger partial charge in [-0.15, -0.1) is 0 Å². The molecule has 0 bridgehead atoms. The molecule has 0 radical (unpaired) electrons. The van der Waals surface area contributed by atoms with Gasteiger partial charge in [-0.05, 0) is 72.4 Å². The molecule has 1 aliphatic rings. The van der Waals surface area contributed by atoms with E-state index in [1.807, 2.05) is 68.3 Å². The Labute approximate surface area is 261 Å². The van der Waals surface area contributed by atoms with Crippen molar-refractivity contribution in [3.8, 4) is 5.75 Å². The molecule has 3 rings (SSSR count). The predicted molar refractivity (Wildman–Crippen MR) is 173 cm³/mol. The van der Waals surface area contributed by atoms with Gasteiger partial charge in [0.05, 0.1) is 18.6 Å². The number of aliphatic hydroxyl groups is 2. The van der Waals surface area contributed by atoms with Crippen molar-refractivity contribution >= 4 is 34.6 Å². The van der Waals surface area contributed by atoms with E-state index in [0.717, 1.165) is 16.9 Å². The number of carbonyl (C=O) groups is 4. The van der Waals surface area contributed by atoms with Crippen molar-refractivity contribution in [3.63, 3.8) is 0 Å². The number of hydrogen-bond donors (Lipinski definition) is 4. The molecule has 1 aliphatic carbocycles. The number of Topliss-reactive ketones (excluding diaryl/α,β-unsaturated/α-hetero) is 3. The summed E-state index contributed by atoms with van der Waals surface area (Å²) >= 11 is 0. The Morgan fingerprint density at radius 1 is 1.05 bits per heavy atom. The number of ketones is 3. The number of primary amides is 1. The fraction of sp³-hybridized carbons (Fsp3) is 0.515. The highest BCUT2D eigenvalue weighted by Crippen LogP contribution is 2.42. The molecule has 44 heavy (non-hydrogen) atoms. The molecule has 11 nitrogen and oxygen atoms in total. The number of rotatable bonds is 16. The van der Waals surface area contributed by atoms with Gasteiger partial charge in [0.1, 0.15) is 17.3 Å². The van der Waals surface area contributed by atoms with E-state index < -0.39 is 36.6 Å². The summed E-state index contributed by atoms with van der Waals surface area (Å²) in [4.78, 5) is 54.1. The smallest absolute Gasteiger partial charge is 0.224 e. The number of hydrogen-bond acceptors (Lipinski definition) is 9. The highest BCUT2D eigenvalue weighted by Gasteiger charge is 2.36. The summed E-state index contributed by atoms with van der Waals surface area (Å²) in [6, 6.07) is 9.64. The number of phenols is 1. The zero-order valence-electron chi connectivity index (χ0n) is 26.1. The Morgan fingerprint density at radius 2 is 1.70 bits per heavy atom. The van der Waals surface area contributed by atoms with Crippen LogP contribution in [0, 0.1) is 17.8 Å². The molecule has 3 atom stereocenters. The first-order valence-corrected chi connectivity index (χ1v) is 14.7. The third-order valence-corrected chi connectivity index (χ3v) is 8.38. The van der Waals surface area contributed by atoms with Crippen LogP contribution in [0.3, 0.4) is 0 Å². The van der Waals surface area contributed by atoms with Gasteiger partial charge >= 0.3 is 0 Å². The summed E-state index contributed by atoms with van der Waals surface area (Å²) < 4.78 is 0. The fourth-order valence-electron chi connectivity index (χ4n) is 6.14. The Kier molecular flexibility index (Phi) is 13.5. The van der Waals surface area contributed by atoms with E-state index in [1.54, 1.807) is 0 Å². The molecule has 7 N–H and O–H groups in total. The average Bonchev–Trinajstić information content (AvgIpc) is 2.92. The van der Waals surface area contributed by atoms with Gasteiger partial charge in [0.25, 0.3) is 0 Å². The second-order valence-corrected chi connectivity index (χ2v) is 12.0.